The van der Waals surface area contributed by atoms with Crippen LogP contribution in [0.2, 0.25) is 0 Å². The van der Waals surface area contributed by atoms with E-state index in [2.05, 4.69) is 10.0 Å². The molecule has 0 bridgehead atoms. The van der Waals surface area contributed by atoms with Gasteiger partial charge in [-0.25, -0.2) is 17.5 Å². The summed E-state index contributed by atoms with van der Waals surface area (Å²) in [5, 5.41) is 2.90. The first kappa shape index (κ1) is 21.1. The monoisotopic (exact) mass is 392 g/mol. The van der Waals surface area contributed by atoms with Crippen molar-refractivity contribution in [2.75, 3.05) is 6.26 Å². The predicted molar refractivity (Wildman–Crippen MR) is 104 cm³/mol. The molecule has 146 valence electrons. The molecule has 0 aliphatic rings. The topological polar surface area (TPSA) is 75.3 Å². The second-order valence-corrected chi connectivity index (χ2v) is 8.47. The fourth-order valence-corrected chi connectivity index (χ4v) is 3.54. The van der Waals surface area contributed by atoms with Gasteiger partial charge >= 0.3 is 0 Å². The smallest absolute Gasteiger partial charge is 0.222 e. The summed E-state index contributed by atoms with van der Waals surface area (Å²) in [5.74, 6) is -0.683. The van der Waals surface area contributed by atoms with Crippen LogP contribution < -0.4 is 10.0 Å². The molecule has 7 heteroatoms. The Bertz CT molecular complexity index is 839. The Labute approximate surface area is 160 Å². The van der Waals surface area contributed by atoms with Crippen molar-refractivity contribution < 1.29 is 17.6 Å². The van der Waals surface area contributed by atoms with E-state index in [0.717, 1.165) is 19.1 Å². The maximum atomic E-state index is 13.1. The lowest BCUT2D eigenvalue weighted by Crippen LogP contribution is -2.37. The number of benzene rings is 2. The van der Waals surface area contributed by atoms with Gasteiger partial charge < -0.3 is 5.32 Å². The van der Waals surface area contributed by atoms with Gasteiger partial charge in [-0.05, 0) is 43.0 Å². The van der Waals surface area contributed by atoms with Crippen molar-refractivity contribution >= 4 is 15.9 Å². The van der Waals surface area contributed by atoms with Crippen molar-refractivity contribution in [3.63, 3.8) is 0 Å². The molecule has 1 amide bonds. The molecular formula is C20H25FN2O3S. The van der Waals surface area contributed by atoms with E-state index in [-0.39, 0.29) is 18.4 Å². The van der Waals surface area contributed by atoms with Gasteiger partial charge in [-0.1, -0.05) is 42.5 Å². The normalized spacial score (nSPS) is 13.7. The molecule has 0 aromatic heterocycles. The molecular weight excluding hydrogens is 367 g/mol. The van der Waals surface area contributed by atoms with E-state index >= 15 is 0 Å². The van der Waals surface area contributed by atoms with Crippen LogP contribution in [-0.4, -0.2) is 26.6 Å². The second kappa shape index (κ2) is 9.62. The number of carbonyl (C=O) groups is 1. The van der Waals surface area contributed by atoms with E-state index in [9.17, 15) is 17.6 Å². The molecule has 0 aliphatic heterocycles. The molecule has 2 rings (SSSR count). The molecule has 0 radical (unpaired) electrons. The highest BCUT2D eigenvalue weighted by molar-refractivity contribution is 7.88. The number of amides is 1. The number of sulfonamides is 1. The molecule has 2 aromatic rings. The van der Waals surface area contributed by atoms with Gasteiger partial charge in [0.2, 0.25) is 15.9 Å². The van der Waals surface area contributed by atoms with Gasteiger partial charge in [0.05, 0.1) is 12.3 Å². The number of halogens is 1. The number of hydrogen-bond acceptors (Lipinski definition) is 3. The zero-order valence-electron chi connectivity index (χ0n) is 15.5. The lowest BCUT2D eigenvalue weighted by atomic mass is 10.0. The van der Waals surface area contributed by atoms with Crippen molar-refractivity contribution in [2.24, 2.45) is 0 Å². The lowest BCUT2D eigenvalue weighted by molar-refractivity contribution is -0.122. The highest BCUT2D eigenvalue weighted by Crippen LogP contribution is 2.18. The average molecular weight is 392 g/mol. The summed E-state index contributed by atoms with van der Waals surface area (Å²) in [4.78, 5) is 12.4. The fourth-order valence-electron chi connectivity index (χ4n) is 2.80. The SMILES string of the molecule is C[C@H](CCc1ccccc1)NC(=O)C[C@@H](NS(C)(=O)=O)c1ccc(F)cc1. The maximum Gasteiger partial charge on any atom is 0.222 e. The van der Waals surface area contributed by atoms with Crippen LogP contribution in [0.1, 0.15) is 36.9 Å². The minimum absolute atomic E-state index is 0.0511. The van der Waals surface area contributed by atoms with Crippen LogP contribution in [0, 0.1) is 5.82 Å². The Balaban J connectivity index is 1.95. The predicted octanol–water partition coefficient (Wildman–Crippen LogP) is 2.94. The van der Waals surface area contributed by atoms with Crippen molar-refractivity contribution in [1.82, 2.24) is 10.0 Å². The first-order chi connectivity index (χ1) is 12.7. The molecule has 0 saturated carbocycles. The molecule has 2 atom stereocenters. The van der Waals surface area contributed by atoms with Crippen LogP contribution in [0.4, 0.5) is 4.39 Å². The van der Waals surface area contributed by atoms with Crippen LogP contribution in [0.25, 0.3) is 0 Å². The molecule has 0 spiro atoms. The van der Waals surface area contributed by atoms with Crippen LogP contribution in [0.15, 0.2) is 54.6 Å². The first-order valence-electron chi connectivity index (χ1n) is 8.79. The highest BCUT2D eigenvalue weighted by Gasteiger charge is 2.20. The summed E-state index contributed by atoms with van der Waals surface area (Å²) in [7, 11) is -3.53. The third-order valence-corrected chi connectivity index (χ3v) is 4.85. The summed E-state index contributed by atoms with van der Waals surface area (Å²) in [5.41, 5.74) is 1.73. The standard InChI is InChI=1S/C20H25FN2O3S/c1-15(8-9-16-6-4-3-5-7-16)22-20(24)14-19(23-27(2,25)26)17-10-12-18(21)13-11-17/h3-7,10-13,15,19,23H,8-9,14H2,1-2H3,(H,22,24)/t15-,19-/m1/s1. The van der Waals surface area contributed by atoms with E-state index in [0.29, 0.717) is 5.56 Å². The van der Waals surface area contributed by atoms with Crippen LogP contribution in [-0.2, 0) is 21.2 Å². The summed E-state index contributed by atoms with van der Waals surface area (Å²) < 4.78 is 38.8. The number of rotatable bonds is 9. The second-order valence-electron chi connectivity index (χ2n) is 6.69. The van der Waals surface area contributed by atoms with Gasteiger partial charge in [-0.15, -0.1) is 0 Å². The molecule has 0 fully saturated rings. The first-order valence-corrected chi connectivity index (χ1v) is 10.7. The van der Waals surface area contributed by atoms with Crippen molar-refractivity contribution in [3.05, 3.63) is 71.5 Å². The van der Waals surface area contributed by atoms with Crippen molar-refractivity contribution in [1.29, 1.82) is 0 Å². The highest BCUT2D eigenvalue weighted by atomic mass is 32.2. The van der Waals surface area contributed by atoms with Gasteiger partial charge in [0.15, 0.2) is 0 Å². The van der Waals surface area contributed by atoms with Crippen LogP contribution in [0.3, 0.4) is 0 Å². The Morgan fingerprint density at radius 3 is 2.30 bits per heavy atom. The Morgan fingerprint density at radius 2 is 1.70 bits per heavy atom. The molecule has 27 heavy (non-hydrogen) atoms. The minimum Gasteiger partial charge on any atom is -0.354 e. The number of hydrogen-bond donors (Lipinski definition) is 2. The summed E-state index contributed by atoms with van der Waals surface area (Å²) >= 11 is 0. The number of aryl methyl sites for hydroxylation is 1. The Kier molecular flexibility index (Phi) is 7.50. The summed E-state index contributed by atoms with van der Waals surface area (Å²) in [6, 6.07) is 14.6. The fraction of sp³-hybridized carbons (Fsp3) is 0.350. The zero-order valence-corrected chi connectivity index (χ0v) is 16.3. The average Bonchev–Trinajstić information content (AvgIpc) is 2.60. The van der Waals surface area contributed by atoms with E-state index in [1.807, 2.05) is 37.3 Å². The molecule has 0 saturated heterocycles. The van der Waals surface area contributed by atoms with E-state index in [1.54, 1.807) is 0 Å². The molecule has 0 aliphatic carbocycles. The lowest BCUT2D eigenvalue weighted by Gasteiger charge is -2.20. The molecule has 0 unspecified atom stereocenters. The number of nitrogens with one attached hydrogen (secondary N) is 2. The van der Waals surface area contributed by atoms with Crippen LogP contribution >= 0.6 is 0 Å². The maximum absolute atomic E-state index is 13.1. The third kappa shape index (κ3) is 7.88. The van der Waals surface area contributed by atoms with Crippen molar-refractivity contribution in [3.8, 4) is 0 Å². The van der Waals surface area contributed by atoms with E-state index in [4.69, 9.17) is 0 Å². The molecule has 2 aromatic carbocycles. The summed E-state index contributed by atoms with van der Waals surface area (Å²) in [6.45, 7) is 1.91. The molecule has 5 nitrogen and oxygen atoms in total. The van der Waals surface area contributed by atoms with Crippen LogP contribution in [0.5, 0.6) is 0 Å². The van der Waals surface area contributed by atoms with Gasteiger partial charge in [-0.3, -0.25) is 4.79 Å². The largest absolute Gasteiger partial charge is 0.354 e. The van der Waals surface area contributed by atoms with Gasteiger partial charge in [0, 0.05) is 12.5 Å². The Hall–Kier alpha value is -2.25. The zero-order chi connectivity index (χ0) is 19.9. The van der Waals surface area contributed by atoms with Crippen molar-refractivity contribution in [2.45, 2.75) is 38.3 Å². The third-order valence-electron chi connectivity index (χ3n) is 4.13. The minimum atomic E-state index is -3.53. The van der Waals surface area contributed by atoms with Gasteiger partial charge in [0.25, 0.3) is 0 Å². The Morgan fingerprint density at radius 1 is 1.07 bits per heavy atom. The van der Waals surface area contributed by atoms with Gasteiger partial charge in [-0.2, -0.15) is 0 Å². The van der Waals surface area contributed by atoms with Gasteiger partial charge in [0.1, 0.15) is 5.82 Å². The van der Waals surface area contributed by atoms with E-state index < -0.39 is 21.9 Å². The molecule has 2 N–H and O–H groups in total. The number of carbonyl (C=O) groups excluding carboxylic acids is 1. The van der Waals surface area contributed by atoms with E-state index in [1.165, 1.54) is 29.8 Å². The summed E-state index contributed by atoms with van der Waals surface area (Å²) in [6.07, 6.45) is 2.58. The molecule has 0 heterocycles. The quantitative estimate of drug-likeness (QED) is 0.689.